The Morgan fingerprint density at radius 2 is 1.91 bits per heavy atom. The Morgan fingerprint density at radius 3 is 2.45 bits per heavy atom. The van der Waals surface area contributed by atoms with E-state index < -0.39 is 0 Å². The van der Waals surface area contributed by atoms with E-state index in [0.717, 1.165) is 19.3 Å². The molecule has 0 bridgehead atoms. The Bertz CT molecular complexity index is 154. The lowest BCUT2D eigenvalue weighted by atomic mass is 10.2. The van der Waals surface area contributed by atoms with Gasteiger partial charge in [-0.3, -0.25) is 4.79 Å². The van der Waals surface area contributed by atoms with E-state index >= 15 is 0 Å². The fraction of sp³-hybridized carbons (Fsp3) is 0.500. The molecule has 0 aliphatic carbocycles. The van der Waals surface area contributed by atoms with Gasteiger partial charge in [0.05, 0.1) is 0 Å². The van der Waals surface area contributed by atoms with Crippen molar-refractivity contribution in [3.63, 3.8) is 0 Å². The van der Waals surface area contributed by atoms with Gasteiger partial charge in [0, 0.05) is 0 Å². The third-order valence-electron chi connectivity index (χ3n) is 1.33. The number of hydrogen-bond acceptors (Lipinski definition) is 1. The first-order valence-electron chi connectivity index (χ1n) is 4.05. The van der Waals surface area contributed by atoms with Crippen LogP contribution in [0.4, 0.5) is 0 Å². The summed E-state index contributed by atoms with van der Waals surface area (Å²) in [5.41, 5.74) is 0. The van der Waals surface area contributed by atoms with Gasteiger partial charge in [-0.25, -0.2) is 0 Å². The molecular weight excluding hydrogens is 136 g/mol. The van der Waals surface area contributed by atoms with E-state index in [2.05, 4.69) is 12.2 Å². The minimum Gasteiger partial charge on any atom is -0.295 e. The van der Waals surface area contributed by atoms with Crippen molar-refractivity contribution in [1.82, 2.24) is 0 Å². The predicted octanol–water partition coefficient (Wildman–Crippen LogP) is 2.88. The Labute approximate surface area is 68.8 Å². The van der Waals surface area contributed by atoms with Crippen molar-refractivity contribution in [2.75, 3.05) is 0 Å². The van der Waals surface area contributed by atoms with Gasteiger partial charge in [-0.15, -0.1) is 0 Å². The van der Waals surface area contributed by atoms with Crippen LogP contribution in [0.3, 0.4) is 0 Å². The Balaban J connectivity index is 3.20. The number of unbranched alkanes of at least 4 members (excludes halogenated alkanes) is 2. The van der Waals surface area contributed by atoms with Gasteiger partial charge in [0.1, 0.15) is 0 Å². The zero-order valence-corrected chi connectivity index (χ0v) is 7.34. The van der Waals surface area contributed by atoms with Crippen LogP contribution in [0.5, 0.6) is 0 Å². The Morgan fingerprint density at radius 1 is 1.27 bits per heavy atom. The molecule has 0 N–H and O–H groups in total. The number of carbonyl (C=O) groups excluding carboxylic acids is 1. The molecule has 0 aliphatic heterocycles. The molecule has 0 aromatic rings. The van der Waals surface area contributed by atoms with E-state index in [1.165, 1.54) is 0 Å². The zero-order chi connectivity index (χ0) is 8.53. The van der Waals surface area contributed by atoms with Gasteiger partial charge in [0.2, 0.25) is 0 Å². The van der Waals surface area contributed by atoms with Gasteiger partial charge in [-0.1, -0.05) is 18.2 Å². The van der Waals surface area contributed by atoms with Gasteiger partial charge in [0.25, 0.3) is 0 Å². The monoisotopic (exact) mass is 152 g/mol. The fourth-order valence-corrected chi connectivity index (χ4v) is 0.770. The number of hydrogen-bond donors (Lipinski definition) is 0. The van der Waals surface area contributed by atoms with Crippen molar-refractivity contribution in [3.8, 4) is 0 Å². The standard InChI is InChI=1S/C10H16O/c1-3-4-5-6-7-8-9-10(2)11/h3-4,8-9H,5-7H2,1-2H3. The third-order valence-corrected chi connectivity index (χ3v) is 1.33. The van der Waals surface area contributed by atoms with Crippen molar-refractivity contribution >= 4 is 5.78 Å². The van der Waals surface area contributed by atoms with Crippen molar-refractivity contribution in [2.24, 2.45) is 0 Å². The van der Waals surface area contributed by atoms with Gasteiger partial charge < -0.3 is 0 Å². The maximum Gasteiger partial charge on any atom is 0.152 e. The summed E-state index contributed by atoms with van der Waals surface area (Å²) in [6.45, 7) is 3.59. The van der Waals surface area contributed by atoms with Crippen LogP contribution in [0.15, 0.2) is 24.3 Å². The molecule has 0 unspecified atom stereocenters. The topological polar surface area (TPSA) is 17.1 Å². The molecule has 0 amide bonds. The van der Waals surface area contributed by atoms with Crippen LogP contribution in [-0.2, 0) is 4.79 Å². The summed E-state index contributed by atoms with van der Waals surface area (Å²) in [5.74, 6) is 0.135. The molecule has 0 atom stereocenters. The van der Waals surface area contributed by atoms with Crippen molar-refractivity contribution in [1.29, 1.82) is 0 Å². The average molecular weight is 152 g/mol. The van der Waals surface area contributed by atoms with Gasteiger partial charge in [-0.2, -0.15) is 0 Å². The maximum absolute atomic E-state index is 10.4. The highest BCUT2D eigenvalue weighted by Crippen LogP contribution is 1.97. The normalized spacial score (nSPS) is 11.5. The lowest BCUT2D eigenvalue weighted by Gasteiger charge is -1.87. The molecule has 0 aromatic carbocycles. The van der Waals surface area contributed by atoms with E-state index in [-0.39, 0.29) is 5.78 Å². The first-order chi connectivity index (χ1) is 5.27. The molecule has 0 saturated heterocycles. The molecule has 0 aliphatic rings. The lowest BCUT2D eigenvalue weighted by molar-refractivity contribution is -0.112. The highest BCUT2D eigenvalue weighted by molar-refractivity contribution is 5.87. The van der Waals surface area contributed by atoms with Gasteiger partial charge >= 0.3 is 0 Å². The maximum atomic E-state index is 10.4. The molecule has 1 heteroatoms. The minimum atomic E-state index is 0.135. The van der Waals surface area contributed by atoms with Crippen molar-refractivity contribution < 1.29 is 4.79 Å². The Hall–Kier alpha value is -0.850. The molecule has 0 rings (SSSR count). The lowest BCUT2D eigenvalue weighted by Crippen LogP contribution is -1.79. The Kier molecular flexibility index (Phi) is 6.70. The predicted molar refractivity (Wildman–Crippen MR) is 48.5 cm³/mol. The fourth-order valence-electron chi connectivity index (χ4n) is 0.770. The van der Waals surface area contributed by atoms with Gasteiger partial charge in [-0.05, 0) is 39.2 Å². The zero-order valence-electron chi connectivity index (χ0n) is 7.34. The summed E-state index contributed by atoms with van der Waals surface area (Å²) in [7, 11) is 0. The van der Waals surface area contributed by atoms with Gasteiger partial charge in [0.15, 0.2) is 5.78 Å². The van der Waals surface area contributed by atoms with Crippen LogP contribution in [-0.4, -0.2) is 5.78 Å². The van der Waals surface area contributed by atoms with Crippen LogP contribution >= 0.6 is 0 Å². The number of allylic oxidation sites excluding steroid dienone is 4. The van der Waals surface area contributed by atoms with Crippen LogP contribution in [0.25, 0.3) is 0 Å². The molecule has 0 fully saturated rings. The molecular formula is C10H16O. The summed E-state index contributed by atoms with van der Waals surface area (Å²) in [6.07, 6.45) is 11.0. The molecule has 0 radical (unpaired) electrons. The van der Waals surface area contributed by atoms with Crippen molar-refractivity contribution in [2.45, 2.75) is 33.1 Å². The quantitative estimate of drug-likeness (QED) is 0.336. The highest BCUT2D eigenvalue weighted by atomic mass is 16.1. The first kappa shape index (κ1) is 10.2. The second-order valence-electron chi connectivity index (χ2n) is 2.51. The summed E-state index contributed by atoms with van der Waals surface area (Å²) >= 11 is 0. The van der Waals surface area contributed by atoms with Crippen LogP contribution in [0.2, 0.25) is 0 Å². The molecule has 62 valence electrons. The highest BCUT2D eigenvalue weighted by Gasteiger charge is 1.82. The molecule has 0 heterocycles. The van der Waals surface area contributed by atoms with Crippen molar-refractivity contribution in [3.05, 3.63) is 24.3 Å². The summed E-state index contributed by atoms with van der Waals surface area (Å²) in [4.78, 5) is 10.4. The molecule has 0 spiro atoms. The van der Waals surface area contributed by atoms with Crippen LogP contribution in [0, 0.1) is 0 Å². The summed E-state index contributed by atoms with van der Waals surface area (Å²) in [5, 5.41) is 0. The number of ketones is 1. The average Bonchev–Trinajstić information content (AvgIpc) is 1.96. The largest absolute Gasteiger partial charge is 0.295 e. The second-order valence-corrected chi connectivity index (χ2v) is 2.51. The third kappa shape index (κ3) is 9.15. The molecule has 0 saturated carbocycles. The SMILES string of the molecule is CC=CCCCC=CC(C)=O. The number of rotatable bonds is 5. The van der Waals surface area contributed by atoms with E-state index in [1.54, 1.807) is 13.0 Å². The molecule has 11 heavy (non-hydrogen) atoms. The smallest absolute Gasteiger partial charge is 0.152 e. The van der Waals surface area contributed by atoms with Crippen LogP contribution in [0.1, 0.15) is 33.1 Å². The number of carbonyl (C=O) groups is 1. The van der Waals surface area contributed by atoms with E-state index in [1.807, 2.05) is 13.0 Å². The van der Waals surface area contributed by atoms with E-state index in [9.17, 15) is 4.79 Å². The second kappa shape index (κ2) is 7.26. The summed E-state index contributed by atoms with van der Waals surface area (Å²) < 4.78 is 0. The van der Waals surface area contributed by atoms with Crippen LogP contribution < -0.4 is 0 Å². The van der Waals surface area contributed by atoms with E-state index in [4.69, 9.17) is 0 Å². The summed E-state index contributed by atoms with van der Waals surface area (Å²) in [6, 6.07) is 0. The molecule has 1 nitrogen and oxygen atoms in total. The minimum absolute atomic E-state index is 0.135. The van der Waals surface area contributed by atoms with E-state index in [0.29, 0.717) is 0 Å². The first-order valence-corrected chi connectivity index (χ1v) is 4.05. The molecule has 0 aromatic heterocycles.